The van der Waals surface area contributed by atoms with Crippen LogP contribution >= 0.6 is 0 Å². The van der Waals surface area contributed by atoms with Crippen LogP contribution in [0.4, 0.5) is 0 Å². The zero-order valence-corrected chi connectivity index (χ0v) is 6.55. The van der Waals surface area contributed by atoms with Gasteiger partial charge >= 0.3 is 0 Å². The van der Waals surface area contributed by atoms with E-state index in [-0.39, 0.29) is 0 Å². The van der Waals surface area contributed by atoms with Gasteiger partial charge in [0.05, 0.1) is 12.7 Å². The summed E-state index contributed by atoms with van der Waals surface area (Å²) in [5.41, 5.74) is 0. The maximum Gasteiger partial charge on any atom is 0.0936 e. The minimum Gasteiger partial charge on any atom is -0.372 e. The van der Waals surface area contributed by atoms with Gasteiger partial charge in [-0.1, -0.05) is 0 Å². The molecular formula is C8H15NO. The van der Waals surface area contributed by atoms with Crippen LogP contribution in [-0.4, -0.2) is 36.7 Å². The SMILES string of the molecule is CC1CCCN1C[C@@H]1CO1. The van der Waals surface area contributed by atoms with Crippen LogP contribution in [0.3, 0.4) is 0 Å². The van der Waals surface area contributed by atoms with Crippen LogP contribution in [0.25, 0.3) is 0 Å². The Hall–Kier alpha value is -0.0800. The van der Waals surface area contributed by atoms with Crippen LogP contribution in [-0.2, 0) is 4.74 Å². The van der Waals surface area contributed by atoms with Gasteiger partial charge in [0.1, 0.15) is 0 Å². The summed E-state index contributed by atoms with van der Waals surface area (Å²) in [6.07, 6.45) is 3.35. The van der Waals surface area contributed by atoms with Crippen LogP contribution in [0.5, 0.6) is 0 Å². The van der Waals surface area contributed by atoms with Crippen LogP contribution in [0, 0.1) is 0 Å². The summed E-state index contributed by atoms with van der Waals surface area (Å²) in [7, 11) is 0. The molecule has 0 spiro atoms. The average molecular weight is 141 g/mol. The molecule has 2 heteroatoms. The van der Waals surface area contributed by atoms with Crippen LogP contribution < -0.4 is 0 Å². The van der Waals surface area contributed by atoms with Gasteiger partial charge in [0, 0.05) is 12.6 Å². The first-order valence-electron chi connectivity index (χ1n) is 4.22. The Balaban J connectivity index is 1.79. The van der Waals surface area contributed by atoms with E-state index >= 15 is 0 Å². The molecule has 1 unspecified atom stereocenters. The predicted molar refractivity (Wildman–Crippen MR) is 40.0 cm³/mol. The van der Waals surface area contributed by atoms with E-state index in [9.17, 15) is 0 Å². The third-order valence-electron chi connectivity index (χ3n) is 2.53. The molecule has 2 nitrogen and oxygen atoms in total. The molecule has 2 atom stereocenters. The second-order valence-corrected chi connectivity index (χ2v) is 3.44. The van der Waals surface area contributed by atoms with Gasteiger partial charge in [0.25, 0.3) is 0 Å². The molecule has 2 aliphatic heterocycles. The fourth-order valence-corrected chi connectivity index (χ4v) is 1.70. The standard InChI is InChI=1S/C8H15NO/c1-7-3-2-4-9(7)5-8-6-10-8/h7-8H,2-6H2,1H3/t7?,8-/m1/s1. The van der Waals surface area contributed by atoms with E-state index in [0.717, 1.165) is 12.6 Å². The maximum absolute atomic E-state index is 5.18. The van der Waals surface area contributed by atoms with Crippen LogP contribution in [0.2, 0.25) is 0 Å². The third kappa shape index (κ3) is 1.32. The highest BCUT2D eigenvalue weighted by atomic mass is 16.6. The number of nitrogens with zero attached hydrogens (tertiary/aromatic N) is 1. The number of hydrogen-bond acceptors (Lipinski definition) is 2. The van der Waals surface area contributed by atoms with Crippen molar-refractivity contribution >= 4 is 0 Å². The Bertz CT molecular complexity index is 122. The van der Waals surface area contributed by atoms with E-state index in [1.807, 2.05) is 0 Å². The van der Waals surface area contributed by atoms with Gasteiger partial charge in [0.15, 0.2) is 0 Å². The molecule has 0 aromatic rings. The number of likely N-dealkylation sites (tertiary alicyclic amines) is 1. The molecule has 10 heavy (non-hydrogen) atoms. The summed E-state index contributed by atoms with van der Waals surface area (Å²) in [5.74, 6) is 0. The highest BCUT2D eigenvalue weighted by Gasteiger charge is 2.29. The first-order chi connectivity index (χ1) is 4.86. The quantitative estimate of drug-likeness (QED) is 0.530. The molecule has 0 N–H and O–H groups in total. The number of rotatable bonds is 2. The van der Waals surface area contributed by atoms with E-state index < -0.39 is 0 Å². The Kier molecular flexibility index (Phi) is 1.66. The highest BCUT2D eigenvalue weighted by molar-refractivity contribution is 4.81. The van der Waals surface area contributed by atoms with E-state index in [4.69, 9.17) is 4.74 Å². The Morgan fingerprint density at radius 3 is 2.90 bits per heavy atom. The molecule has 2 saturated heterocycles. The van der Waals surface area contributed by atoms with Gasteiger partial charge in [-0.2, -0.15) is 0 Å². The fourth-order valence-electron chi connectivity index (χ4n) is 1.70. The van der Waals surface area contributed by atoms with Gasteiger partial charge in [0.2, 0.25) is 0 Å². The monoisotopic (exact) mass is 141 g/mol. The zero-order valence-electron chi connectivity index (χ0n) is 6.55. The molecule has 2 heterocycles. The predicted octanol–water partition coefficient (Wildman–Crippen LogP) is 0.869. The zero-order chi connectivity index (χ0) is 6.97. The Morgan fingerprint density at radius 2 is 2.40 bits per heavy atom. The molecule has 0 amide bonds. The molecule has 0 aromatic heterocycles. The lowest BCUT2D eigenvalue weighted by Gasteiger charge is -2.18. The molecular weight excluding hydrogens is 126 g/mol. The highest BCUT2D eigenvalue weighted by Crippen LogP contribution is 2.20. The van der Waals surface area contributed by atoms with Crippen LogP contribution in [0.1, 0.15) is 19.8 Å². The second-order valence-electron chi connectivity index (χ2n) is 3.44. The number of ether oxygens (including phenoxy) is 1. The third-order valence-corrected chi connectivity index (χ3v) is 2.53. The molecule has 2 aliphatic rings. The topological polar surface area (TPSA) is 15.8 Å². The molecule has 0 aromatic carbocycles. The summed E-state index contributed by atoms with van der Waals surface area (Å²) in [6, 6.07) is 0.809. The van der Waals surface area contributed by atoms with Crippen molar-refractivity contribution in [1.82, 2.24) is 4.90 Å². The van der Waals surface area contributed by atoms with Crippen molar-refractivity contribution in [2.24, 2.45) is 0 Å². The number of epoxide rings is 1. The first kappa shape index (κ1) is 6.62. The molecule has 58 valence electrons. The lowest BCUT2D eigenvalue weighted by molar-refractivity contribution is 0.237. The second kappa shape index (κ2) is 2.51. The summed E-state index contributed by atoms with van der Waals surface area (Å²) in [4.78, 5) is 2.54. The van der Waals surface area contributed by atoms with Crippen molar-refractivity contribution in [3.8, 4) is 0 Å². The van der Waals surface area contributed by atoms with Gasteiger partial charge in [-0.05, 0) is 26.3 Å². The van der Waals surface area contributed by atoms with Crippen molar-refractivity contribution < 1.29 is 4.74 Å². The van der Waals surface area contributed by atoms with Gasteiger partial charge in [-0.3, -0.25) is 4.90 Å². The van der Waals surface area contributed by atoms with E-state index in [0.29, 0.717) is 6.10 Å². The van der Waals surface area contributed by atoms with E-state index in [1.165, 1.54) is 25.9 Å². The van der Waals surface area contributed by atoms with Crippen molar-refractivity contribution in [1.29, 1.82) is 0 Å². The smallest absolute Gasteiger partial charge is 0.0936 e. The Labute approximate surface area is 62.2 Å². The summed E-state index contributed by atoms with van der Waals surface area (Å²) in [5, 5.41) is 0. The minimum atomic E-state index is 0.584. The van der Waals surface area contributed by atoms with E-state index in [1.54, 1.807) is 0 Å². The van der Waals surface area contributed by atoms with Crippen molar-refractivity contribution in [2.45, 2.75) is 31.9 Å². The summed E-state index contributed by atoms with van der Waals surface area (Å²) in [6.45, 7) is 5.79. The average Bonchev–Trinajstić information content (AvgIpc) is 2.62. The van der Waals surface area contributed by atoms with Crippen LogP contribution in [0.15, 0.2) is 0 Å². The largest absolute Gasteiger partial charge is 0.372 e. The lowest BCUT2D eigenvalue weighted by Crippen LogP contribution is -2.30. The lowest BCUT2D eigenvalue weighted by atomic mass is 10.2. The first-order valence-corrected chi connectivity index (χ1v) is 4.22. The van der Waals surface area contributed by atoms with Gasteiger partial charge < -0.3 is 4.74 Å². The normalized spacial score (nSPS) is 40.5. The maximum atomic E-state index is 5.18. The Morgan fingerprint density at radius 1 is 1.60 bits per heavy atom. The molecule has 0 saturated carbocycles. The minimum absolute atomic E-state index is 0.584. The van der Waals surface area contributed by atoms with Crippen molar-refractivity contribution in [3.63, 3.8) is 0 Å². The summed E-state index contributed by atoms with van der Waals surface area (Å²) >= 11 is 0. The molecule has 0 aliphatic carbocycles. The van der Waals surface area contributed by atoms with Crippen molar-refractivity contribution in [3.05, 3.63) is 0 Å². The van der Waals surface area contributed by atoms with E-state index in [2.05, 4.69) is 11.8 Å². The molecule has 0 bridgehead atoms. The fraction of sp³-hybridized carbons (Fsp3) is 1.00. The number of hydrogen-bond donors (Lipinski definition) is 0. The summed E-state index contributed by atoms with van der Waals surface area (Å²) < 4.78 is 5.18. The van der Waals surface area contributed by atoms with Crippen molar-refractivity contribution in [2.75, 3.05) is 19.7 Å². The molecule has 2 rings (SSSR count). The molecule has 2 fully saturated rings. The molecule has 0 radical (unpaired) electrons. The van der Waals surface area contributed by atoms with Gasteiger partial charge in [-0.25, -0.2) is 0 Å². The van der Waals surface area contributed by atoms with Gasteiger partial charge in [-0.15, -0.1) is 0 Å².